The van der Waals surface area contributed by atoms with Crippen molar-refractivity contribution in [1.29, 1.82) is 0 Å². The molecule has 1 heterocycles. The van der Waals surface area contributed by atoms with E-state index in [1.165, 1.54) is 26.0 Å². The second-order valence-electron chi connectivity index (χ2n) is 16.8. The maximum atomic E-state index is 15.0. The molecule has 0 radical (unpaired) electrons. The summed E-state index contributed by atoms with van der Waals surface area (Å²) in [6.07, 6.45) is -10.5. The van der Waals surface area contributed by atoms with Crippen LogP contribution < -0.4 is 5.32 Å². The Kier molecular flexibility index (Phi) is 10.9. The summed E-state index contributed by atoms with van der Waals surface area (Å²) in [5.74, 6) is -5.89. The van der Waals surface area contributed by atoms with Crippen LogP contribution in [0.4, 0.5) is 0 Å². The van der Waals surface area contributed by atoms with Gasteiger partial charge < -0.3 is 44.7 Å². The SMILES string of the molecule is CC(=O)O[C@@]12CO[C@@H]1C[C@H](O)[C@@]1(C)C(=O)[C@H](O)C3=C(C)[C@@H](OC(=O)[C@@H](O)[C@H](NC(=O)c4ccccc4)c4ccccc4)C[C@](O)([C@@H](OC(=O)c4ccccc4)[C@H]21)C3(C)C. The summed E-state index contributed by atoms with van der Waals surface area (Å²) in [6.45, 7) is 6.89. The van der Waals surface area contributed by atoms with Crippen LogP contribution in [0.2, 0.25) is 0 Å². The van der Waals surface area contributed by atoms with Crippen molar-refractivity contribution in [2.75, 3.05) is 6.61 Å². The maximum absolute atomic E-state index is 15.0. The standard InChI is InChI=1S/C45H49NO13/c1-24-29(57-41(54)35(50)33(26-15-9-6-10-16-26)46-39(52)27-17-11-7-12-18-27)22-45(55)38(58-40(53)28-19-13-8-14-20-28)36-43(5,37(51)34(49)32(24)42(45,3)4)30(48)21-31-44(36,23-56-31)59-25(2)47/h6-20,29-31,33-36,38,48-50,55H,21-23H2,1-5H3,(H,46,52)/t29-,30-,31+,33+,34+,35-,36-,38-,43+,44-,45-/m0/s1. The fourth-order valence-corrected chi connectivity index (χ4v) is 9.94. The van der Waals surface area contributed by atoms with Crippen LogP contribution in [0.5, 0.6) is 0 Å². The molecule has 2 bridgehead atoms. The molecule has 4 aliphatic rings. The van der Waals surface area contributed by atoms with Crippen molar-refractivity contribution in [1.82, 2.24) is 5.32 Å². The number of carbonyl (C=O) groups excluding carboxylic acids is 5. The molecule has 11 atom stereocenters. The van der Waals surface area contributed by atoms with Gasteiger partial charge in [0.15, 0.2) is 17.5 Å². The van der Waals surface area contributed by atoms with Crippen LogP contribution in [0.1, 0.15) is 79.8 Å². The van der Waals surface area contributed by atoms with Gasteiger partial charge in [-0.3, -0.25) is 14.4 Å². The summed E-state index contributed by atoms with van der Waals surface area (Å²) < 4.78 is 24.2. The van der Waals surface area contributed by atoms with Gasteiger partial charge in [0.2, 0.25) is 0 Å². The van der Waals surface area contributed by atoms with Crippen LogP contribution in [0, 0.1) is 16.7 Å². The number of Topliss-reactive ketones (excluding diaryl/α,β-unsaturated/α-hetero) is 1. The van der Waals surface area contributed by atoms with E-state index in [1.54, 1.807) is 92.7 Å². The van der Waals surface area contributed by atoms with E-state index in [2.05, 4.69) is 5.32 Å². The Labute approximate surface area is 341 Å². The van der Waals surface area contributed by atoms with Crippen molar-refractivity contribution in [2.24, 2.45) is 16.7 Å². The van der Waals surface area contributed by atoms with Crippen molar-refractivity contribution >= 4 is 29.6 Å². The molecular formula is C45H49NO13. The molecule has 0 aromatic heterocycles. The molecule has 312 valence electrons. The topological polar surface area (TPSA) is 215 Å². The maximum Gasteiger partial charge on any atom is 0.338 e. The molecule has 3 aliphatic carbocycles. The molecule has 5 N–H and O–H groups in total. The molecule has 2 saturated carbocycles. The highest BCUT2D eigenvalue weighted by Gasteiger charge is 2.78. The lowest BCUT2D eigenvalue weighted by atomic mass is 9.44. The minimum atomic E-state index is -2.35. The van der Waals surface area contributed by atoms with E-state index in [1.807, 2.05) is 0 Å². The highest BCUT2D eigenvalue weighted by Crippen LogP contribution is 2.64. The zero-order valence-electron chi connectivity index (χ0n) is 33.4. The van der Waals surface area contributed by atoms with Crippen LogP contribution in [-0.2, 0) is 33.3 Å². The van der Waals surface area contributed by atoms with E-state index in [0.717, 1.165) is 6.92 Å². The van der Waals surface area contributed by atoms with E-state index in [0.29, 0.717) is 5.56 Å². The first-order valence-electron chi connectivity index (χ1n) is 19.6. The fraction of sp³-hybridized carbons (Fsp3) is 0.444. The lowest BCUT2D eigenvalue weighted by molar-refractivity contribution is -0.346. The Bertz CT molecular complexity index is 2160. The Morgan fingerprint density at radius 3 is 2.00 bits per heavy atom. The zero-order chi connectivity index (χ0) is 42.7. The molecule has 1 saturated heterocycles. The van der Waals surface area contributed by atoms with Crippen molar-refractivity contribution in [2.45, 2.75) is 101 Å². The smallest absolute Gasteiger partial charge is 0.338 e. The summed E-state index contributed by atoms with van der Waals surface area (Å²) in [5.41, 5.74) is -6.86. The molecule has 1 amide bonds. The largest absolute Gasteiger partial charge is 0.456 e. The number of benzene rings is 3. The van der Waals surface area contributed by atoms with Gasteiger partial charge in [0.25, 0.3) is 5.91 Å². The molecule has 14 heteroatoms. The molecule has 3 aromatic rings. The third kappa shape index (κ3) is 6.76. The number of hydrogen-bond donors (Lipinski definition) is 5. The third-order valence-corrected chi connectivity index (χ3v) is 13.2. The highest BCUT2D eigenvalue weighted by molar-refractivity contribution is 5.95. The monoisotopic (exact) mass is 811 g/mol. The molecule has 3 fully saturated rings. The summed E-state index contributed by atoms with van der Waals surface area (Å²) >= 11 is 0. The van der Waals surface area contributed by atoms with E-state index in [-0.39, 0.29) is 35.3 Å². The van der Waals surface area contributed by atoms with Crippen LogP contribution in [-0.4, -0.2) is 104 Å². The Morgan fingerprint density at radius 2 is 1.44 bits per heavy atom. The van der Waals surface area contributed by atoms with Crippen LogP contribution in [0.3, 0.4) is 0 Å². The van der Waals surface area contributed by atoms with Gasteiger partial charge in [-0.15, -0.1) is 0 Å². The van der Waals surface area contributed by atoms with Crippen LogP contribution in [0.25, 0.3) is 0 Å². The minimum absolute atomic E-state index is 0.0540. The number of carbonyl (C=O) groups is 5. The average molecular weight is 812 g/mol. The van der Waals surface area contributed by atoms with E-state index < -0.39 is 107 Å². The number of amides is 1. The van der Waals surface area contributed by atoms with Gasteiger partial charge in [-0.05, 0) is 54.8 Å². The van der Waals surface area contributed by atoms with Crippen LogP contribution >= 0.6 is 0 Å². The van der Waals surface area contributed by atoms with Crippen molar-refractivity contribution in [3.8, 4) is 0 Å². The molecule has 7 rings (SSSR count). The number of nitrogens with one attached hydrogen (secondary N) is 1. The number of aliphatic hydroxyl groups is 4. The quantitative estimate of drug-likeness (QED) is 0.120. The fourth-order valence-electron chi connectivity index (χ4n) is 9.94. The second-order valence-corrected chi connectivity index (χ2v) is 16.8. The first-order valence-corrected chi connectivity index (χ1v) is 19.6. The van der Waals surface area contributed by atoms with Crippen molar-refractivity contribution in [3.63, 3.8) is 0 Å². The number of aliphatic hydroxyl groups excluding tert-OH is 3. The lowest BCUT2D eigenvalue weighted by Gasteiger charge is -2.67. The van der Waals surface area contributed by atoms with Gasteiger partial charge in [-0.1, -0.05) is 80.6 Å². The van der Waals surface area contributed by atoms with E-state index in [4.69, 9.17) is 18.9 Å². The summed E-state index contributed by atoms with van der Waals surface area (Å²) in [4.78, 5) is 69.5. The lowest BCUT2D eigenvalue weighted by Crippen LogP contribution is -2.81. The Morgan fingerprint density at radius 1 is 0.864 bits per heavy atom. The number of ether oxygens (including phenoxy) is 4. The Hall–Kier alpha value is -5.25. The summed E-state index contributed by atoms with van der Waals surface area (Å²) in [5, 5.41) is 51.9. The average Bonchev–Trinajstić information content (AvgIpc) is 3.21. The summed E-state index contributed by atoms with van der Waals surface area (Å²) in [7, 11) is 0. The third-order valence-electron chi connectivity index (χ3n) is 13.2. The first-order chi connectivity index (χ1) is 27.9. The molecule has 3 aromatic carbocycles. The van der Waals surface area contributed by atoms with Gasteiger partial charge in [0, 0.05) is 30.7 Å². The minimum Gasteiger partial charge on any atom is -0.456 e. The predicted molar refractivity (Wildman–Crippen MR) is 208 cm³/mol. The molecular weight excluding hydrogens is 762 g/mol. The zero-order valence-corrected chi connectivity index (χ0v) is 33.4. The van der Waals surface area contributed by atoms with Crippen molar-refractivity contribution in [3.05, 3.63) is 119 Å². The molecule has 1 aliphatic heterocycles. The molecule has 0 unspecified atom stereocenters. The highest BCUT2D eigenvalue weighted by atomic mass is 16.6. The number of ketones is 1. The van der Waals surface area contributed by atoms with Gasteiger partial charge >= 0.3 is 17.9 Å². The Balaban J connectivity index is 1.34. The van der Waals surface area contributed by atoms with Gasteiger partial charge in [-0.2, -0.15) is 0 Å². The molecule has 0 spiro atoms. The number of esters is 3. The number of rotatable bonds is 9. The second kappa shape index (κ2) is 15.4. The van der Waals surface area contributed by atoms with Crippen LogP contribution in [0.15, 0.2) is 102 Å². The van der Waals surface area contributed by atoms with E-state index in [9.17, 15) is 44.4 Å². The van der Waals surface area contributed by atoms with E-state index >= 15 is 0 Å². The number of hydrogen-bond acceptors (Lipinski definition) is 13. The van der Waals surface area contributed by atoms with Gasteiger partial charge in [-0.25, -0.2) is 9.59 Å². The molecule has 59 heavy (non-hydrogen) atoms. The normalized spacial score (nSPS) is 33.0. The number of fused-ring (bicyclic) bond motifs is 5. The predicted octanol–water partition coefficient (Wildman–Crippen LogP) is 3.16. The van der Waals surface area contributed by atoms with Gasteiger partial charge in [0.1, 0.15) is 30.0 Å². The van der Waals surface area contributed by atoms with Gasteiger partial charge in [0.05, 0.1) is 35.6 Å². The van der Waals surface area contributed by atoms with Crippen molar-refractivity contribution < 1.29 is 63.3 Å². The summed E-state index contributed by atoms with van der Waals surface area (Å²) in [6, 6.07) is 23.1. The first kappa shape index (κ1) is 41.9. The molecule has 14 nitrogen and oxygen atoms in total.